The third-order valence-corrected chi connectivity index (χ3v) is 4.74. The SMILES string of the molecule is CCCN(CCC)[C@H]1CCn2c(ccc2C(=O)C(Cl)(Cl)Cl)C1. The van der Waals surface area contributed by atoms with E-state index in [4.69, 9.17) is 34.8 Å². The lowest BCUT2D eigenvalue weighted by atomic mass is 10.0. The summed E-state index contributed by atoms with van der Waals surface area (Å²) in [5, 5.41) is 0. The first-order valence-electron chi connectivity index (χ1n) is 7.92. The highest BCUT2D eigenvalue weighted by molar-refractivity contribution is 6.77. The van der Waals surface area contributed by atoms with E-state index in [2.05, 4.69) is 18.7 Å². The molecule has 0 saturated carbocycles. The van der Waals surface area contributed by atoms with Crippen LogP contribution in [0.25, 0.3) is 0 Å². The van der Waals surface area contributed by atoms with Gasteiger partial charge in [0.15, 0.2) is 0 Å². The lowest BCUT2D eigenvalue weighted by Gasteiger charge is -2.35. The number of carbonyl (C=O) groups is 1. The van der Waals surface area contributed by atoms with Crippen LogP contribution in [0.2, 0.25) is 0 Å². The maximum Gasteiger partial charge on any atom is 0.255 e. The predicted molar refractivity (Wildman–Crippen MR) is 93.3 cm³/mol. The summed E-state index contributed by atoms with van der Waals surface area (Å²) in [5.41, 5.74) is 1.66. The summed E-state index contributed by atoms with van der Waals surface area (Å²) in [6, 6.07) is 4.32. The van der Waals surface area contributed by atoms with Gasteiger partial charge in [-0.25, -0.2) is 0 Å². The molecule has 2 rings (SSSR count). The van der Waals surface area contributed by atoms with Crippen LogP contribution >= 0.6 is 34.8 Å². The number of aromatic nitrogens is 1. The number of fused-ring (bicyclic) bond motifs is 1. The number of hydrogen-bond acceptors (Lipinski definition) is 2. The fourth-order valence-electron chi connectivity index (χ4n) is 3.28. The van der Waals surface area contributed by atoms with Crippen molar-refractivity contribution in [2.45, 2.75) is 55.9 Å². The number of rotatable bonds is 6. The molecule has 0 N–H and O–H groups in total. The Hall–Kier alpha value is -0.220. The van der Waals surface area contributed by atoms with Crippen molar-refractivity contribution in [3.05, 3.63) is 23.5 Å². The lowest BCUT2D eigenvalue weighted by Crippen LogP contribution is -2.42. The minimum Gasteiger partial charge on any atom is -0.342 e. The van der Waals surface area contributed by atoms with Gasteiger partial charge in [0.1, 0.15) is 0 Å². The first-order chi connectivity index (χ1) is 10.4. The Morgan fingerprint density at radius 3 is 2.45 bits per heavy atom. The van der Waals surface area contributed by atoms with Crippen LogP contribution in [0.15, 0.2) is 12.1 Å². The molecule has 3 nitrogen and oxygen atoms in total. The van der Waals surface area contributed by atoms with E-state index >= 15 is 0 Å². The Bertz CT molecular complexity index is 516. The molecule has 1 aliphatic heterocycles. The fourth-order valence-corrected chi connectivity index (χ4v) is 3.57. The summed E-state index contributed by atoms with van der Waals surface area (Å²) in [6.07, 6.45) is 4.30. The molecule has 0 fully saturated rings. The Labute approximate surface area is 147 Å². The van der Waals surface area contributed by atoms with E-state index in [-0.39, 0.29) is 0 Å². The molecule has 0 amide bonds. The van der Waals surface area contributed by atoms with Crippen LogP contribution in [0.5, 0.6) is 0 Å². The molecule has 1 atom stereocenters. The summed E-state index contributed by atoms with van der Waals surface area (Å²) in [6.45, 7) is 7.48. The van der Waals surface area contributed by atoms with Gasteiger partial charge in [0, 0.05) is 24.7 Å². The first-order valence-corrected chi connectivity index (χ1v) is 9.05. The van der Waals surface area contributed by atoms with Gasteiger partial charge in [-0.3, -0.25) is 9.69 Å². The quantitative estimate of drug-likeness (QED) is 0.548. The number of nitrogens with zero attached hydrogens (tertiary/aromatic N) is 2. The molecule has 0 bridgehead atoms. The Morgan fingerprint density at radius 1 is 1.27 bits per heavy atom. The minimum atomic E-state index is -1.89. The van der Waals surface area contributed by atoms with Crippen LogP contribution in [0.3, 0.4) is 0 Å². The summed E-state index contributed by atoms with van der Waals surface area (Å²) < 4.78 is 0.124. The number of carbonyl (C=O) groups excluding carboxylic acids is 1. The van der Waals surface area contributed by atoms with Crippen LogP contribution < -0.4 is 0 Å². The van der Waals surface area contributed by atoms with Crippen molar-refractivity contribution in [2.75, 3.05) is 13.1 Å². The molecule has 1 aromatic heterocycles. The van der Waals surface area contributed by atoms with Gasteiger partial charge in [0.25, 0.3) is 3.79 Å². The van der Waals surface area contributed by atoms with Crippen LogP contribution in [0.1, 0.15) is 49.3 Å². The van der Waals surface area contributed by atoms with Gasteiger partial charge >= 0.3 is 0 Å². The number of Topliss-reactive ketones (excluding diaryl/α,β-unsaturated/α-hetero) is 1. The minimum absolute atomic E-state index is 0.443. The first kappa shape index (κ1) is 18.1. The molecule has 22 heavy (non-hydrogen) atoms. The Balaban J connectivity index is 2.16. The molecule has 0 saturated heterocycles. The number of ketones is 1. The Kier molecular flexibility index (Phi) is 6.23. The maximum atomic E-state index is 12.2. The van der Waals surface area contributed by atoms with Gasteiger partial charge in [-0.05, 0) is 44.5 Å². The van der Waals surface area contributed by atoms with Crippen molar-refractivity contribution in [3.8, 4) is 0 Å². The second kappa shape index (κ2) is 7.57. The maximum absolute atomic E-state index is 12.2. The predicted octanol–water partition coefficient (Wildman–Crippen LogP) is 4.48. The molecule has 2 heterocycles. The molecule has 1 aliphatic rings. The van der Waals surface area contributed by atoms with Crippen molar-refractivity contribution >= 4 is 40.6 Å². The lowest BCUT2D eigenvalue weighted by molar-refractivity contribution is 0.0983. The standard InChI is InChI=1S/C16H23Cl3N2O/c1-3-8-20(9-4-2)12-7-10-21-13(11-12)5-6-14(21)15(22)16(17,18)19/h5-6,12H,3-4,7-11H2,1-2H3/t12-/m0/s1. The van der Waals surface area contributed by atoms with E-state index in [1.165, 1.54) is 0 Å². The molecule has 124 valence electrons. The molecule has 1 aromatic rings. The zero-order valence-electron chi connectivity index (χ0n) is 13.1. The molecular formula is C16H23Cl3N2O. The molecule has 0 aliphatic carbocycles. The zero-order valence-corrected chi connectivity index (χ0v) is 15.4. The topological polar surface area (TPSA) is 25.2 Å². The average molecular weight is 366 g/mol. The van der Waals surface area contributed by atoms with E-state index < -0.39 is 9.58 Å². The van der Waals surface area contributed by atoms with Gasteiger partial charge in [-0.2, -0.15) is 0 Å². The number of alkyl halides is 3. The van der Waals surface area contributed by atoms with E-state index in [1.807, 2.05) is 10.6 Å². The van der Waals surface area contributed by atoms with Crippen molar-refractivity contribution in [1.82, 2.24) is 9.47 Å². The van der Waals surface area contributed by atoms with Gasteiger partial charge in [-0.1, -0.05) is 48.7 Å². The van der Waals surface area contributed by atoms with E-state index in [0.717, 1.165) is 51.0 Å². The van der Waals surface area contributed by atoms with Gasteiger partial charge in [-0.15, -0.1) is 0 Å². The highest BCUT2D eigenvalue weighted by Crippen LogP contribution is 2.32. The third-order valence-electron chi connectivity index (χ3n) is 4.23. The molecular weight excluding hydrogens is 343 g/mol. The normalized spacial score (nSPS) is 18.5. The molecule has 0 aromatic carbocycles. The number of hydrogen-bond donors (Lipinski definition) is 0. The smallest absolute Gasteiger partial charge is 0.255 e. The second-order valence-electron chi connectivity index (χ2n) is 5.87. The van der Waals surface area contributed by atoms with Crippen molar-refractivity contribution in [1.29, 1.82) is 0 Å². The third kappa shape index (κ3) is 4.00. The Morgan fingerprint density at radius 2 is 1.91 bits per heavy atom. The largest absolute Gasteiger partial charge is 0.342 e. The van der Waals surface area contributed by atoms with Gasteiger partial charge in [0.05, 0.1) is 5.69 Å². The van der Waals surface area contributed by atoms with Crippen molar-refractivity contribution in [2.24, 2.45) is 0 Å². The van der Waals surface area contributed by atoms with E-state index in [1.54, 1.807) is 6.07 Å². The van der Waals surface area contributed by atoms with Crippen LogP contribution in [-0.2, 0) is 13.0 Å². The van der Waals surface area contributed by atoms with E-state index in [9.17, 15) is 4.79 Å². The molecule has 6 heteroatoms. The molecule has 0 spiro atoms. The molecule has 0 unspecified atom stereocenters. The summed E-state index contributed by atoms with van der Waals surface area (Å²) >= 11 is 17.2. The monoisotopic (exact) mass is 364 g/mol. The highest BCUT2D eigenvalue weighted by atomic mass is 35.6. The summed E-state index contributed by atoms with van der Waals surface area (Å²) in [5.74, 6) is -0.443. The average Bonchev–Trinajstić information content (AvgIpc) is 2.88. The van der Waals surface area contributed by atoms with E-state index in [0.29, 0.717) is 11.7 Å². The van der Waals surface area contributed by atoms with Crippen LogP contribution in [0, 0.1) is 0 Å². The fraction of sp³-hybridized carbons (Fsp3) is 0.688. The van der Waals surface area contributed by atoms with Gasteiger partial charge < -0.3 is 4.57 Å². The molecule has 0 radical (unpaired) electrons. The van der Waals surface area contributed by atoms with Crippen LogP contribution in [-0.4, -0.2) is 38.2 Å². The zero-order chi connectivity index (χ0) is 16.3. The highest BCUT2D eigenvalue weighted by Gasteiger charge is 2.35. The van der Waals surface area contributed by atoms with Crippen LogP contribution in [0.4, 0.5) is 0 Å². The second-order valence-corrected chi connectivity index (χ2v) is 8.15. The number of halogens is 3. The van der Waals surface area contributed by atoms with Crippen molar-refractivity contribution in [3.63, 3.8) is 0 Å². The summed E-state index contributed by atoms with van der Waals surface area (Å²) in [7, 11) is 0. The van der Waals surface area contributed by atoms with Crippen molar-refractivity contribution < 1.29 is 4.79 Å². The van der Waals surface area contributed by atoms with Gasteiger partial charge in [0.2, 0.25) is 5.78 Å². The summed E-state index contributed by atoms with van der Waals surface area (Å²) in [4.78, 5) is 14.8.